The summed E-state index contributed by atoms with van der Waals surface area (Å²) in [6.07, 6.45) is 2.94. The molecule has 0 saturated heterocycles. The van der Waals surface area contributed by atoms with Crippen LogP contribution in [-0.2, 0) is 5.88 Å². The highest BCUT2D eigenvalue weighted by Crippen LogP contribution is 2.19. The van der Waals surface area contributed by atoms with Gasteiger partial charge in [-0.3, -0.25) is 0 Å². The zero-order chi connectivity index (χ0) is 11.3. The molecular formula is C12H18ClNO. The van der Waals surface area contributed by atoms with Crippen molar-refractivity contribution >= 4 is 11.6 Å². The Morgan fingerprint density at radius 3 is 2.73 bits per heavy atom. The predicted molar refractivity (Wildman–Crippen MR) is 63.3 cm³/mol. The van der Waals surface area contributed by atoms with Crippen molar-refractivity contribution in [1.29, 1.82) is 0 Å². The summed E-state index contributed by atoms with van der Waals surface area (Å²) >= 11 is 5.80. The third-order valence-corrected chi connectivity index (χ3v) is 2.40. The fourth-order valence-electron chi connectivity index (χ4n) is 1.53. The Morgan fingerprint density at radius 1 is 1.40 bits per heavy atom. The minimum absolute atomic E-state index is 0.182. The fraction of sp³-hybridized carbons (Fsp3) is 0.583. The van der Waals surface area contributed by atoms with Crippen molar-refractivity contribution in [2.24, 2.45) is 5.92 Å². The maximum absolute atomic E-state index is 5.80. The van der Waals surface area contributed by atoms with Crippen LogP contribution in [0.3, 0.4) is 0 Å². The lowest BCUT2D eigenvalue weighted by atomic mass is 10.1. The second kappa shape index (κ2) is 5.96. The van der Waals surface area contributed by atoms with Crippen LogP contribution in [0.1, 0.15) is 32.8 Å². The molecule has 0 saturated carbocycles. The molecule has 1 aromatic rings. The SMILES string of the molecule is CC(C)CC(C)Oc1ncccc1CCl. The molecule has 1 unspecified atom stereocenters. The van der Waals surface area contributed by atoms with Crippen molar-refractivity contribution in [1.82, 2.24) is 4.98 Å². The number of ether oxygens (including phenoxy) is 1. The molecule has 1 heterocycles. The van der Waals surface area contributed by atoms with Crippen molar-refractivity contribution < 1.29 is 4.74 Å². The summed E-state index contributed by atoms with van der Waals surface area (Å²) < 4.78 is 5.75. The van der Waals surface area contributed by atoms with Crippen molar-refractivity contribution in [3.63, 3.8) is 0 Å². The van der Waals surface area contributed by atoms with Gasteiger partial charge in [-0.15, -0.1) is 11.6 Å². The Labute approximate surface area is 96.6 Å². The summed E-state index contributed by atoms with van der Waals surface area (Å²) in [4.78, 5) is 4.19. The van der Waals surface area contributed by atoms with E-state index in [9.17, 15) is 0 Å². The molecule has 0 aromatic carbocycles. The first-order chi connectivity index (χ1) is 7.13. The zero-order valence-corrected chi connectivity index (χ0v) is 10.3. The van der Waals surface area contributed by atoms with Crippen LogP contribution in [0.2, 0.25) is 0 Å². The topological polar surface area (TPSA) is 22.1 Å². The minimum Gasteiger partial charge on any atom is -0.474 e. The zero-order valence-electron chi connectivity index (χ0n) is 9.53. The van der Waals surface area contributed by atoms with E-state index in [0.717, 1.165) is 12.0 Å². The Kier molecular flexibility index (Phi) is 4.89. The van der Waals surface area contributed by atoms with Gasteiger partial charge in [0.2, 0.25) is 5.88 Å². The second-order valence-corrected chi connectivity index (χ2v) is 4.43. The van der Waals surface area contributed by atoms with Gasteiger partial charge in [0, 0.05) is 11.8 Å². The van der Waals surface area contributed by atoms with Crippen molar-refractivity contribution in [2.75, 3.05) is 0 Å². The van der Waals surface area contributed by atoms with E-state index in [0.29, 0.717) is 17.7 Å². The smallest absolute Gasteiger partial charge is 0.217 e. The molecule has 1 rings (SSSR count). The van der Waals surface area contributed by atoms with Gasteiger partial charge in [0.15, 0.2) is 0 Å². The van der Waals surface area contributed by atoms with Crippen LogP contribution in [-0.4, -0.2) is 11.1 Å². The van der Waals surface area contributed by atoms with E-state index in [1.165, 1.54) is 0 Å². The number of halogens is 1. The minimum atomic E-state index is 0.182. The molecule has 0 bridgehead atoms. The number of hydrogen-bond acceptors (Lipinski definition) is 2. The van der Waals surface area contributed by atoms with Gasteiger partial charge < -0.3 is 4.74 Å². The van der Waals surface area contributed by atoms with E-state index in [1.807, 2.05) is 12.1 Å². The first-order valence-corrected chi connectivity index (χ1v) is 5.83. The van der Waals surface area contributed by atoms with Crippen molar-refractivity contribution in [2.45, 2.75) is 39.2 Å². The normalized spacial score (nSPS) is 12.9. The van der Waals surface area contributed by atoms with Crippen LogP contribution in [0.4, 0.5) is 0 Å². The van der Waals surface area contributed by atoms with Gasteiger partial charge in [-0.25, -0.2) is 4.98 Å². The molecule has 0 spiro atoms. The maximum Gasteiger partial charge on any atom is 0.217 e. The Bertz CT molecular complexity index is 301. The number of alkyl halides is 1. The highest BCUT2D eigenvalue weighted by atomic mass is 35.5. The van der Waals surface area contributed by atoms with Crippen LogP contribution in [0.15, 0.2) is 18.3 Å². The van der Waals surface area contributed by atoms with Crippen LogP contribution >= 0.6 is 11.6 Å². The number of rotatable bonds is 5. The highest BCUT2D eigenvalue weighted by Gasteiger charge is 2.10. The lowest BCUT2D eigenvalue weighted by Crippen LogP contribution is -2.16. The molecule has 15 heavy (non-hydrogen) atoms. The lowest BCUT2D eigenvalue weighted by Gasteiger charge is -2.17. The summed E-state index contributed by atoms with van der Waals surface area (Å²) in [6.45, 7) is 6.42. The number of pyridine rings is 1. The molecule has 1 atom stereocenters. The molecular weight excluding hydrogens is 210 g/mol. The average molecular weight is 228 g/mol. The maximum atomic E-state index is 5.80. The summed E-state index contributed by atoms with van der Waals surface area (Å²) in [5.41, 5.74) is 0.953. The Hall–Kier alpha value is -0.760. The summed E-state index contributed by atoms with van der Waals surface area (Å²) in [7, 11) is 0. The second-order valence-electron chi connectivity index (χ2n) is 4.16. The third kappa shape index (κ3) is 4.08. The van der Waals surface area contributed by atoms with Gasteiger partial charge in [-0.1, -0.05) is 19.9 Å². The number of hydrogen-bond donors (Lipinski definition) is 0. The summed E-state index contributed by atoms with van der Waals surface area (Å²) in [5.74, 6) is 1.74. The third-order valence-electron chi connectivity index (χ3n) is 2.11. The molecule has 1 aromatic heterocycles. The standard InChI is InChI=1S/C12H18ClNO/c1-9(2)7-10(3)15-12-11(8-13)5-4-6-14-12/h4-6,9-10H,7-8H2,1-3H3. The average Bonchev–Trinajstić information content (AvgIpc) is 2.17. The molecule has 3 heteroatoms. The van der Waals surface area contributed by atoms with E-state index >= 15 is 0 Å². The van der Waals surface area contributed by atoms with Crippen LogP contribution in [0.5, 0.6) is 5.88 Å². The van der Waals surface area contributed by atoms with Gasteiger partial charge >= 0.3 is 0 Å². The van der Waals surface area contributed by atoms with E-state index in [4.69, 9.17) is 16.3 Å². The lowest BCUT2D eigenvalue weighted by molar-refractivity contribution is 0.184. The molecule has 0 aliphatic carbocycles. The van der Waals surface area contributed by atoms with Gasteiger partial charge in [0.05, 0.1) is 12.0 Å². The first kappa shape index (κ1) is 12.3. The molecule has 0 N–H and O–H groups in total. The molecule has 84 valence electrons. The highest BCUT2D eigenvalue weighted by molar-refractivity contribution is 6.17. The van der Waals surface area contributed by atoms with Crippen LogP contribution in [0.25, 0.3) is 0 Å². The van der Waals surface area contributed by atoms with Gasteiger partial charge in [0.25, 0.3) is 0 Å². The van der Waals surface area contributed by atoms with E-state index < -0.39 is 0 Å². The summed E-state index contributed by atoms with van der Waals surface area (Å²) in [5, 5.41) is 0. The predicted octanol–water partition coefficient (Wildman–Crippen LogP) is 3.63. The fourth-order valence-corrected chi connectivity index (χ4v) is 1.74. The quantitative estimate of drug-likeness (QED) is 0.717. The molecule has 0 aliphatic rings. The Balaban J connectivity index is 2.63. The van der Waals surface area contributed by atoms with Gasteiger partial charge in [-0.2, -0.15) is 0 Å². The van der Waals surface area contributed by atoms with E-state index in [1.54, 1.807) is 6.20 Å². The first-order valence-electron chi connectivity index (χ1n) is 5.30. The molecule has 2 nitrogen and oxygen atoms in total. The molecule has 0 radical (unpaired) electrons. The summed E-state index contributed by atoms with van der Waals surface area (Å²) in [6, 6.07) is 3.81. The van der Waals surface area contributed by atoms with E-state index in [2.05, 4.69) is 25.8 Å². The monoisotopic (exact) mass is 227 g/mol. The number of aromatic nitrogens is 1. The van der Waals surface area contributed by atoms with Crippen LogP contribution < -0.4 is 4.74 Å². The molecule has 0 fully saturated rings. The van der Waals surface area contributed by atoms with Crippen LogP contribution in [0, 0.1) is 5.92 Å². The Morgan fingerprint density at radius 2 is 2.13 bits per heavy atom. The number of nitrogens with zero attached hydrogens (tertiary/aromatic N) is 1. The van der Waals surface area contributed by atoms with Gasteiger partial charge in [-0.05, 0) is 25.3 Å². The molecule has 0 amide bonds. The van der Waals surface area contributed by atoms with E-state index in [-0.39, 0.29) is 6.10 Å². The van der Waals surface area contributed by atoms with Gasteiger partial charge in [0.1, 0.15) is 0 Å². The molecule has 0 aliphatic heterocycles. The largest absolute Gasteiger partial charge is 0.474 e. The van der Waals surface area contributed by atoms with Crippen molar-refractivity contribution in [3.8, 4) is 5.88 Å². The van der Waals surface area contributed by atoms with Crippen molar-refractivity contribution in [3.05, 3.63) is 23.9 Å².